The highest BCUT2D eigenvalue weighted by Gasteiger charge is 2.17. The Labute approximate surface area is 99.5 Å². The fourth-order valence-corrected chi connectivity index (χ4v) is 1.60. The van der Waals surface area contributed by atoms with E-state index in [1.165, 1.54) is 14.2 Å². The number of Topliss-reactive ketones (excluding diaryl/α,β-unsaturated/α-hetero) is 1. The third-order valence-electron chi connectivity index (χ3n) is 2.08. The average Bonchev–Trinajstić information content (AvgIpc) is 2.28. The van der Waals surface area contributed by atoms with Gasteiger partial charge in [0.1, 0.15) is 0 Å². The number of carbonyl (C=O) groups excluding carboxylic acids is 1. The van der Waals surface area contributed by atoms with E-state index in [1.807, 2.05) is 0 Å². The van der Waals surface area contributed by atoms with Crippen LogP contribution in [0.3, 0.4) is 0 Å². The van der Waals surface area contributed by atoms with E-state index in [1.54, 1.807) is 19.2 Å². The van der Waals surface area contributed by atoms with Crippen LogP contribution in [0.2, 0.25) is 5.02 Å². The van der Waals surface area contributed by atoms with Gasteiger partial charge in [-0.1, -0.05) is 11.6 Å². The Morgan fingerprint density at radius 1 is 1.38 bits per heavy atom. The minimum Gasteiger partial charge on any atom is -0.493 e. The van der Waals surface area contributed by atoms with Crippen LogP contribution in [0, 0.1) is 0 Å². The van der Waals surface area contributed by atoms with Gasteiger partial charge in [0.25, 0.3) is 0 Å². The van der Waals surface area contributed by atoms with E-state index in [4.69, 9.17) is 21.1 Å². The molecule has 1 N–H and O–H groups in total. The first-order valence-electron chi connectivity index (χ1n) is 4.73. The molecule has 5 heteroatoms. The highest BCUT2D eigenvalue weighted by molar-refractivity contribution is 6.31. The molecule has 0 bridgehead atoms. The van der Waals surface area contributed by atoms with Gasteiger partial charge < -0.3 is 14.8 Å². The Bertz CT molecular complexity index is 393. The van der Waals surface area contributed by atoms with E-state index in [2.05, 4.69) is 5.32 Å². The Balaban J connectivity index is 3.24. The van der Waals surface area contributed by atoms with Gasteiger partial charge in [-0.25, -0.2) is 0 Å². The van der Waals surface area contributed by atoms with Gasteiger partial charge in [-0.05, 0) is 13.1 Å². The van der Waals surface area contributed by atoms with Crippen molar-refractivity contribution in [3.8, 4) is 11.5 Å². The van der Waals surface area contributed by atoms with Crippen LogP contribution in [0.1, 0.15) is 10.4 Å². The summed E-state index contributed by atoms with van der Waals surface area (Å²) in [6.07, 6.45) is 0. The summed E-state index contributed by atoms with van der Waals surface area (Å²) in [6.45, 7) is 0.222. The lowest BCUT2D eigenvalue weighted by atomic mass is 10.1. The van der Waals surface area contributed by atoms with E-state index in [0.29, 0.717) is 22.1 Å². The SMILES string of the molecule is CNCC(=O)c1cc(Cl)cc(OC)c1OC. The molecule has 0 saturated carbocycles. The number of likely N-dealkylation sites (N-methyl/N-ethyl adjacent to an activating group) is 1. The minimum atomic E-state index is -0.0971. The van der Waals surface area contributed by atoms with Crippen molar-refractivity contribution in [2.45, 2.75) is 0 Å². The third-order valence-corrected chi connectivity index (χ3v) is 2.30. The average molecular weight is 244 g/mol. The standard InChI is InChI=1S/C11H14ClNO3/c1-13-6-9(14)8-4-7(12)5-10(15-2)11(8)16-3/h4-5,13H,6H2,1-3H3. The van der Waals surface area contributed by atoms with E-state index in [0.717, 1.165) is 0 Å². The highest BCUT2D eigenvalue weighted by Crippen LogP contribution is 2.34. The zero-order valence-electron chi connectivity index (χ0n) is 9.46. The molecule has 0 aliphatic carbocycles. The lowest BCUT2D eigenvalue weighted by Gasteiger charge is -2.12. The first-order valence-corrected chi connectivity index (χ1v) is 5.11. The summed E-state index contributed by atoms with van der Waals surface area (Å²) in [5.74, 6) is 0.766. The summed E-state index contributed by atoms with van der Waals surface area (Å²) < 4.78 is 10.3. The summed E-state index contributed by atoms with van der Waals surface area (Å²) in [7, 11) is 4.69. The molecule has 0 aliphatic rings. The first kappa shape index (κ1) is 12.8. The number of carbonyl (C=O) groups is 1. The van der Waals surface area contributed by atoms with E-state index < -0.39 is 0 Å². The molecular weight excluding hydrogens is 230 g/mol. The second-order valence-electron chi connectivity index (χ2n) is 3.14. The van der Waals surface area contributed by atoms with Crippen LogP contribution in [-0.2, 0) is 0 Å². The molecule has 0 radical (unpaired) electrons. The van der Waals surface area contributed by atoms with Crippen LogP contribution < -0.4 is 14.8 Å². The first-order chi connectivity index (χ1) is 7.63. The van der Waals surface area contributed by atoms with Gasteiger partial charge in [-0.15, -0.1) is 0 Å². The maximum atomic E-state index is 11.8. The van der Waals surface area contributed by atoms with E-state index in [9.17, 15) is 4.79 Å². The van der Waals surface area contributed by atoms with Gasteiger partial charge in [-0.3, -0.25) is 4.79 Å². The van der Waals surface area contributed by atoms with Crippen molar-refractivity contribution < 1.29 is 14.3 Å². The molecule has 0 amide bonds. The van der Waals surface area contributed by atoms with Crippen LogP contribution >= 0.6 is 11.6 Å². The second-order valence-corrected chi connectivity index (χ2v) is 3.58. The fraction of sp³-hybridized carbons (Fsp3) is 0.364. The summed E-state index contributed by atoms with van der Waals surface area (Å²) in [4.78, 5) is 11.8. The van der Waals surface area contributed by atoms with Gasteiger partial charge >= 0.3 is 0 Å². The number of benzene rings is 1. The van der Waals surface area contributed by atoms with E-state index in [-0.39, 0.29) is 12.3 Å². The van der Waals surface area contributed by atoms with Crippen molar-refractivity contribution in [3.63, 3.8) is 0 Å². The van der Waals surface area contributed by atoms with Gasteiger partial charge in [0, 0.05) is 11.1 Å². The van der Waals surface area contributed by atoms with Crippen molar-refractivity contribution in [2.75, 3.05) is 27.8 Å². The number of nitrogens with one attached hydrogen (secondary N) is 1. The number of ketones is 1. The van der Waals surface area contributed by atoms with Crippen LogP contribution in [0.5, 0.6) is 11.5 Å². The van der Waals surface area contributed by atoms with Crippen LogP contribution in [0.4, 0.5) is 0 Å². The van der Waals surface area contributed by atoms with Crippen molar-refractivity contribution in [1.82, 2.24) is 5.32 Å². The van der Waals surface area contributed by atoms with Crippen molar-refractivity contribution in [1.29, 1.82) is 0 Å². The summed E-state index contributed by atoms with van der Waals surface area (Å²) >= 11 is 5.89. The highest BCUT2D eigenvalue weighted by atomic mass is 35.5. The lowest BCUT2D eigenvalue weighted by molar-refractivity contribution is 0.0990. The molecule has 1 rings (SSSR count). The molecular formula is C11H14ClNO3. The van der Waals surface area contributed by atoms with Crippen molar-refractivity contribution in [2.24, 2.45) is 0 Å². The number of hydrogen-bond donors (Lipinski definition) is 1. The molecule has 1 aromatic rings. The minimum absolute atomic E-state index is 0.0971. The second kappa shape index (κ2) is 5.72. The van der Waals surface area contributed by atoms with Crippen LogP contribution in [-0.4, -0.2) is 33.6 Å². The van der Waals surface area contributed by atoms with Gasteiger partial charge in [0.05, 0.1) is 26.3 Å². The molecule has 0 spiro atoms. The maximum Gasteiger partial charge on any atom is 0.180 e. The smallest absolute Gasteiger partial charge is 0.180 e. The maximum absolute atomic E-state index is 11.8. The molecule has 0 fully saturated rings. The predicted molar refractivity (Wildman–Crippen MR) is 62.8 cm³/mol. The Kier molecular flexibility index (Phi) is 4.58. The number of halogens is 1. The zero-order valence-corrected chi connectivity index (χ0v) is 10.2. The molecule has 1 aromatic carbocycles. The van der Waals surface area contributed by atoms with Crippen molar-refractivity contribution in [3.05, 3.63) is 22.7 Å². The molecule has 0 unspecified atom stereocenters. The molecule has 88 valence electrons. The fourth-order valence-electron chi connectivity index (χ4n) is 1.39. The van der Waals surface area contributed by atoms with Crippen LogP contribution in [0.25, 0.3) is 0 Å². The zero-order chi connectivity index (χ0) is 12.1. The number of rotatable bonds is 5. The third kappa shape index (κ3) is 2.65. The molecule has 16 heavy (non-hydrogen) atoms. The molecule has 0 atom stereocenters. The summed E-state index contributed by atoms with van der Waals surface area (Å²) in [5.41, 5.74) is 0.418. The van der Waals surface area contributed by atoms with Gasteiger partial charge in [0.2, 0.25) is 0 Å². The Morgan fingerprint density at radius 3 is 2.56 bits per heavy atom. The molecule has 4 nitrogen and oxygen atoms in total. The number of ether oxygens (including phenoxy) is 2. The molecule has 0 saturated heterocycles. The predicted octanol–water partition coefficient (Wildman–Crippen LogP) is 1.76. The van der Waals surface area contributed by atoms with E-state index >= 15 is 0 Å². The molecule has 0 aromatic heterocycles. The van der Waals surface area contributed by atoms with Gasteiger partial charge in [-0.2, -0.15) is 0 Å². The lowest BCUT2D eigenvalue weighted by Crippen LogP contribution is -2.19. The topological polar surface area (TPSA) is 47.6 Å². The summed E-state index contributed by atoms with van der Waals surface area (Å²) in [6, 6.07) is 3.18. The number of methoxy groups -OCH3 is 2. The monoisotopic (exact) mass is 243 g/mol. The molecule has 0 heterocycles. The molecule has 0 aliphatic heterocycles. The number of hydrogen-bond acceptors (Lipinski definition) is 4. The quantitative estimate of drug-likeness (QED) is 0.801. The summed E-state index contributed by atoms with van der Waals surface area (Å²) in [5, 5.41) is 3.23. The van der Waals surface area contributed by atoms with Crippen molar-refractivity contribution >= 4 is 17.4 Å². The Hall–Kier alpha value is -1.26. The van der Waals surface area contributed by atoms with Gasteiger partial charge in [0.15, 0.2) is 17.3 Å². The normalized spacial score (nSPS) is 10.0. The Morgan fingerprint density at radius 2 is 2.06 bits per heavy atom. The van der Waals surface area contributed by atoms with Crippen LogP contribution in [0.15, 0.2) is 12.1 Å². The largest absolute Gasteiger partial charge is 0.493 e.